The monoisotopic (exact) mass is 430 g/mol. The average molecular weight is 431 g/mol. The van der Waals surface area contributed by atoms with Crippen LogP contribution in [0.3, 0.4) is 0 Å². The van der Waals surface area contributed by atoms with Crippen LogP contribution in [0.5, 0.6) is 5.75 Å². The molecule has 31 heavy (non-hydrogen) atoms. The second-order valence-corrected chi connectivity index (χ2v) is 8.72. The van der Waals surface area contributed by atoms with E-state index < -0.39 is 0 Å². The topological polar surface area (TPSA) is 18.5 Å². The Balaban J connectivity index is 1.38. The van der Waals surface area contributed by atoms with Gasteiger partial charge in [0.25, 0.3) is 0 Å². The molecule has 0 aliphatic heterocycles. The number of hydrogen-bond donors (Lipinski definition) is 0. The van der Waals surface area contributed by atoms with E-state index in [1.54, 1.807) is 30.3 Å². The van der Waals surface area contributed by atoms with Gasteiger partial charge in [0.15, 0.2) is 11.6 Å². The Morgan fingerprint density at radius 3 is 2.29 bits per heavy atom. The van der Waals surface area contributed by atoms with Crippen molar-refractivity contribution in [1.29, 1.82) is 0 Å². The highest BCUT2D eigenvalue weighted by atomic mass is 19.1. The molecule has 1 saturated carbocycles. The van der Waals surface area contributed by atoms with Gasteiger partial charge in [-0.25, -0.2) is 8.78 Å². The molecule has 0 atom stereocenters. The minimum Gasteiger partial charge on any atom is -0.490 e. The molecule has 0 radical (unpaired) electrons. The molecule has 0 heterocycles. The lowest BCUT2D eigenvalue weighted by Crippen LogP contribution is -2.25. The van der Waals surface area contributed by atoms with E-state index in [1.165, 1.54) is 44.2 Å². The van der Waals surface area contributed by atoms with Gasteiger partial charge in [0.1, 0.15) is 5.82 Å². The van der Waals surface area contributed by atoms with Gasteiger partial charge >= 0.3 is 0 Å². The van der Waals surface area contributed by atoms with Crippen LogP contribution >= 0.6 is 0 Å². The molecular weight excluding hydrogens is 394 g/mol. The number of halogens is 2. The molecule has 2 aromatic carbocycles. The van der Waals surface area contributed by atoms with E-state index in [4.69, 9.17) is 9.47 Å². The summed E-state index contributed by atoms with van der Waals surface area (Å²) in [5.74, 6) is -0.0146. The largest absolute Gasteiger partial charge is 0.490 e. The van der Waals surface area contributed by atoms with Gasteiger partial charge in [-0.3, -0.25) is 0 Å². The van der Waals surface area contributed by atoms with Gasteiger partial charge in [-0.2, -0.15) is 0 Å². The van der Waals surface area contributed by atoms with E-state index in [0.717, 1.165) is 38.7 Å². The number of hydrogen-bond acceptors (Lipinski definition) is 2. The van der Waals surface area contributed by atoms with Crippen molar-refractivity contribution in [2.24, 2.45) is 5.92 Å². The van der Waals surface area contributed by atoms with Gasteiger partial charge in [0, 0.05) is 12.2 Å². The van der Waals surface area contributed by atoms with Gasteiger partial charge < -0.3 is 9.47 Å². The van der Waals surface area contributed by atoms with Crippen LogP contribution in [-0.4, -0.2) is 19.3 Å². The van der Waals surface area contributed by atoms with Crippen molar-refractivity contribution < 1.29 is 18.3 Å². The van der Waals surface area contributed by atoms with Gasteiger partial charge in [0.2, 0.25) is 0 Å². The molecular formula is C27H36F2O2. The molecule has 1 aliphatic rings. The first-order valence-corrected chi connectivity index (χ1v) is 12.0. The van der Waals surface area contributed by atoms with Crippen LogP contribution < -0.4 is 4.74 Å². The summed E-state index contributed by atoms with van der Waals surface area (Å²) in [6, 6.07) is 11.0. The highest BCUT2D eigenvalue weighted by Crippen LogP contribution is 2.31. The maximum absolute atomic E-state index is 14.9. The maximum Gasteiger partial charge on any atom is 0.172 e. The summed E-state index contributed by atoms with van der Waals surface area (Å²) in [6.07, 6.45) is 12.3. The van der Waals surface area contributed by atoms with Crippen molar-refractivity contribution in [2.75, 3.05) is 13.2 Å². The Morgan fingerprint density at radius 1 is 0.839 bits per heavy atom. The van der Waals surface area contributed by atoms with Crippen LogP contribution in [0.25, 0.3) is 11.1 Å². The summed E-state index contributed by atoms with van der Waals surface area (Å²) >= 11 is 0. The molecule has 2 nitrogen and oxygen atoms in total. The van der Waals surface area contributed by atoms with E-state index in [2.05, 4.69) is 6.92 Å². The van der Waals surface area contributed by atoms with Crippen molar-refractivity contribution in [3.63, 3.8) is 0 Å². The molecule has 0 spiro atoms. The zero-order valence-corrected chi connectivity index (χ0v) is 18.8. The molecule has 0 bridgehead atoms. The lowest BCUT2D eigenvalue weighted by molar-refractivity contribution is 0.0109. The molecule has 2 aromatic rings. The summed E-state index contributed by atoms with van der Waals surface area (Å²) in [5, 5.41) is 0. The Kier molecular flexibility index (Phi) is 9.80. The molecule has 0 unspecified atom stereocenters. The number of benzene rings is 2. The molecule has 0 amide bonds. The highest BCUT2D eigenvalue weighted by Gasteiger charge is 2.22. The third-order valence-corrected chi connectivity index (χ3v) is 6.24. The van der Waals surface area contributed by atoms with Crippen LogP contribution in [-0.2, 0) is 4.74 Å². The lowest BCUT2D eigenvalue weighted by atomic mass is 9.88. The normalized spacial score (nSPS) is 18.8. The van der Waals surface area contributed by atoms with E-state index in [9.17, 15) is 8.78 Å². The van der Waals surface area contributed by atoms with E-state index in [-0.39, 0.29) is 17.4 Å². The third-order valence-electron chi connectivity index (χ3n) is 6.24. The summed E-state index contributed by atoms with van der Waals surface area (Å²) in [7, 11) is 0. The van der Waals surface area contributed by atoms with Crippen LogP contribution in [0.2, 0.25) is 0 Å². The summed E-state index contributed by atoms with van der Waals surface area (Å²) < 4.78 is 40.0. The minimum absolute atomic E-state index is 0.267. The molecule has 170 valence electrons. The fraction of sp³-hybridized carbons (Fsp3) is 0.556. The molecule has 1 fully saturated rings. The molecule has 1 aliphatic carbocycles. The second kappa shape index (κ2) is 12.8. The Labute approximate surface area is 186 Å². The van der Waals surface area contributed by atoms with E-state index in [0.29, 0.717) is 29.8 Å². The van der Waals surface area contributed by atoms with Gasteiger partial charge in [0.05, 0.1) is 12.7 Å². The molecule has 3 rings (SSSR count). The summed E-state index contributed by atoms with van der Waals surface area (Å²) in [4.78, 5) is 0. The van der Waals surface area contributed by atoms with Crippen LogP contribution in [0.15, 0.2) is 42.5 Å². The van der Waals surface area contributed by atoms with E-state index in [1.807, 2.05) is 0 Å². The standard InChI is InChI=1S/C27H36F2O2/c1-2-3-4-5-6-7-19-30-24-17-11-21(12-18-24)20-31-26-10-8-9-25(27(26)29)22-13-15-23(28)16-14-22/h8-10,13-16,21,24H,2-7,11-12,17-20H2,1H3. The lowest BCUT2D eigenvalue weighted by Gasteiger charge is -2.28. The average Bonchev–Trinajstić information content (AvgIpc) is 2.79. The van der Waals surface area contributed by atoms with Gasteiger partial charge in [-0.1, -0.05) is 63.3 Å². The fourth-order valence-corrected chi connectivity index (χ4v) is 4.28. The van der Waals surface area contributed by atoms with Crippen LogP contribution in [0.4, 0.5) is 8.78 Å². The predicted octanol–water partition coefficient (Wildman–Crippen LogP) is 7.95. The minimum atomic E-state index is -0.384. The number of unbranched alkanes of at least 4 members (excludes halogenated alkanes) is 5. The van der Waals surface area contributed by atoms with Crippen molar-refractivity contribution in [1.82, 2.24) is 0 Å². The van der Waals surface area contributed by atoms with Crippen LogP contribution in [0, 0.1) is 17.6 Å². The summed E-state index contributed by atoms with van der Waals surface area (Å²) in [6.45, 7) is 3.64. The quantitative estimate of drug-likeness (QED) is 0.318. The van der Waals surface area contributed by atoms with Crippen molar-refractivity contribution in [2.45, 2.75) is 77.2 Å². The smallest absolute Gasteiger partial charge is 0.172 e. The zero-order valence-electron chi connectivity index (χ0n) is 18.8. The Hall–Kier alpha value is -1.94. The van der Waals surface area contributed by atoms with Crippen LogP contribution in [0.1, 0.15) is 71.1 Å². The number of rotatable bonds is 12. The Morgan fingerprint density at radius 2 is 1.55 bits per heavy atom. The Bertz CT molecular complexity index is 767. The van der Waals surface area contributed by atoms with Gasteiger partial charge in [-0.15, -0.1) is 0 Å². The number of ether oxygens (including phenoxy) is 2. The highest BCUT2D eigenvalue weighted by molar-refractivity contribution is 5.66. The zero-order chi connectivity index (χ0) is 21.9. The van der Waals surface area contributed by atoms with Crippen molar-refractivity contribution >= 4 is 0 Å². The maximum atomic E-state index is 14.9. The van der Waals surface area contributed by atoms with E-state index >= 15 is 0 Å². The molecule has 4 heteroatoms. The van der Waals surface area contributed by atoms with Crippen molar-refractivity contribution in [3.8, 4) is 16.9 Å². The molecule has 0 N–H and O–H groups in total. The molecule has 0 saturated heterocycles. The molecule has 0 aromatic heterocycles. The fourth-order valence-electron chi connectivity index (χ4n) is 4.28. The second-order valence-electron chi connectivity index (χ2n) is 8.72. The SMILES string of the molecule is CCCCCCCCOC1CCC(COc2cccc(-c3ccc(F)cc3)c2F)CC1. The first-order valence-electron chi connectivity index (χ1n) is 12.0. The van der Waals surface area contributed by atoms with Gasteiger partial charge in [-0.05, 0) is 61.8 Å². The first-order chi connectivity index (χ1) is 15.2. The van der Waals surface area contributed by atoms with Crippen molar-refractivity contribution in [3.05, 3.63) is 54.1 Å². The first kappa shape index (κ1) is 23.7. The summed E-state index contributed by atoms with van der Waals surface area (Å²) in [5.41, 5.74) is 1.08. The third kappa shape index (κ3) is 7.60. The predicted molar refractivity (Wildman–Crippen MR) is 122 cm³/mol.